The molecular formula is C12H14N2O4. The third kappa shape index (κ3) is 2.58. The zero-order valence-corrected chi connectivity index (χ0v) is 10.0. The summed E-state index contributed by atoms with van der Waals surface area (Å²) in [5.74, 6) is 0.356. The summed E-state index contributed by atoms with van der Waals surface area (Å²) >= 11 is 0. The van der Waals surface area contributed by atoms with Gasteiger partial charge in [0.2, 0.25) is 5.91 Å². The minimum Gasteiger partial charge on any atom is -0.496 e. The highest BCUT2D eigenvalue weighted by Gasteiger charge is 2.25. The molecule has 2 rings (SSSR count). The van der Waals surface area contributed by atoms with Gasteiger partial charge in [-0.15, -0.1) is 0 Å². The van der Waals surface area contributed by atoms with Crippen LogP contribution < -0.4 is 10.1 Å². The molecule has 0 bridgehead atoms. The molecule has 0 aliphatic carbocycles. The lowest BCUT2D eigenvalue weighted by molar-refractivity contribution is -0.385. The maximum absolute atomic E-state index is 11.5. The zero-order chi connectivity index (χ0) is 13.1. The van der Waals surface area contributed by atoms with E-state index in [-0.39, 0.29) is 17.5 Å². The van der Waals surface area contributed by atoms with Crippen LogP contribution >= 0.6 is 0 Å². The monoisotopic (exact) mass is 250 g/mol. The standard InChI is InChI=1S/C12H14N2O4/c1-18-11-6-8(5-10(7-11)14(16)17)4-9-2-3-13-12(9)15/h5-7,9H,2-4H2,1H3,(H,13,15). The first-order valence-electron chi connectivity index (χ1n) is 5.70. The van der Waals surface area contributed by atoms with Gasteiger partial charge in [0.1, 0.15) is 5.75 Å². The predicted octanol–water partition coefficient (Wildman–Crippen LogP) is 1.28. The molecule has 0 radical (unpaired) electrons. The Kier molecular flexibility index (Phi) is 3.45. The number of hydrogen-bond acceptors (Lipinski definition) is 4. The third-order valence-electron chi connectivity index (χ3n) is 3.04. The summed E-state index contributed by atoms with van der Waals surface area (Å²) in [7, 11) is 1.46. The van der Waals surface area contributed by atoms with Crippen LogP contribution in [0, 0.1) is 16.0 Å². The largest absolute Gasteiger partial charge is 0.496 e. The molecule has 0 saturated carbocycles. The SMILES string of the molecule is COc1cc(CC2CCNC2=O)cc([N+](=O)[O-])c1. The minimum atomic E-state index is -0.458. The van der Waals surface area contributed by atoms with Crippen molar-refractivity contribution in [1.29, 1.82) is 0 Å². The maximum Gasteiger partial charge on any atom is 0.273 e. The second-order valence-electron chi connectivity index (χ2n) is 4.28. The normalized spacial score (nSPS) is 18.5. The Morgan fingerprint density at radius 1 is 1.50 bits per heavy atom. The molecule has 1 aliphatic heterocycles. The number of nitrogens with zero attached hydrogens (tertiary/aromatic N) is 1. The van der Waals surface area contributed by atoms with Crippen LogP contribution in [0.4, 0.5) is 5.69 Å². The van der Waals surface area contributed by atoms with E-state index >= 15 is 0 Å². The second kappa shape index (κ2) is 5.03. The molecule has 1 saturated heterocycles. The molecule has 1 aromatic carbocycles. The van der Waals surface area contributed by atoms with Crippen LogP contribution in [0.3, 0.4) is 0 Å². The Balaban J connectivity index is 2.23. The number of ether oxygens (including phenoxy) is 1. The molecule has 18 heavy (non-hydrogen) atoms. The van der Waals surface area contributed by atoms with E-state index < -0.39 is 4.92 Å². The van der Waals surface area contributed by atoms with Crippen LogP contribution in [0.5, 0.6) is 5.75 Å². The predicted molar refractivity (Wildman–Crippen MR) is 64.5 cm³/mol. The van der Waals surface area contributed by atoms with Gasteiger partial charge in [0, 0.05) is 18.5 Å². The summed E-state index contributed by atoms with van der Waals surface area (Å²) in [6.45, 7) is 0.676. The molecule has 1 amide bonds. The van der Waals surface area contributed by atoms with E-state index in [2.05, 4.69) is 5.32 Å². The number of carbonyl (C=O) groups excluding carboxylic acids is 1. The van der Waals surface area contributed by atoms with E-state index in [1.165, 1.54) is 19.2 Å². The molecule has 1 fully saturated rings. The van der Waals surface area contributed by atoms with Crippen molar-refractivity contribution in [1.82, 2.24) is 5.32 Å². The number of nitro groups is 1. The number of carbonyl (C=O) groups is 1. The summed E-state index contributed by atoms with van der Waals surface area (Å²) in [6.07, 6.45) is 1.27. The van der Waals surface area contributed by atoms with Crippen molar-refractivity contribution in [3.05, 3.63) is 33.9 Å². The van der Waals surface area contributed by atoms with Crippen molar-refractivity contribution in [2.24, 2.45) is 5.92 Å². The summed E-state index contributed by atoms with van der Waals surface area (Å²) < 4.78 is 5.03. The van der Waals surface area contributed by atoms with Crippen LogP contribution in [0.15, 0.2) is 18.2 Å². The van der Waals surface area contributed by atoms with Crippen molar-refractivity contribution >= 4 is 11.6 Å². The lowest BCUT2D eigenvalue weighted by Gasteiger charge is -2.08. The summed E-state index contributed by atoms with van der Waals surface area (Å²) in [5, 5.41) is 13.5. The van der Waals surface area contributed by atoms with E-state index in [1.54, 1.807) is 6.07 Å². The van der Waals surface area contributed by atoms with E-state index in [1.807, 2.05) is 0 Å². The van der Waals surface area contributed by atoms with Crippen molar-refractivity contribution in [2.45, 2.75) is 12.8 Å². The van der Waals surface area contributed by atoms with Gasteiger partial charge in [0.05, 0.1) is 18.1 Å². The number of methoxy groups -OCH3 is 1. The molecule has 1 aliphatic rings. The Morgan fingerprint density at radius 2 is 2.28 bits per heavy atom. The smallest absolute Gasteiger partial charge is 0.273 e. The summed E-state index contributed by atoms with van der Waals surface area (Å²) in [4.78, 5) is 21.8. The lowest BCUT2D eigenvalue weighted by atomic mass is 9.97. The average Bonchev–Trinajstić information content (AvgIpc) is 2.74. The average molecular weight is 250 g/mol. The van der Waals surface area contributed by atoms with Gasteiger partial charge in [-0.1, -0.05) is 0 Å². The number of nitro benzene ring substituents is 1. The third-order valence-corrected chi connectivity index (χ3v) is 3.04. The van der Waals surface area contributed by atoms with Gasteiger partial charge in [0.25, 0.3) is 5.69 Å². The minimum absolute atomic E-state index is 0.0113. The fourth-order valence-corrected chi connectivity index (χ4v) is 2.11. The molecule has 6 nitrogen and oxygen atoms in total. The highest BCUT2D eigenvalue weighted by atomic mass is 16.6. The van der Waals surface area contributed by atoms with Crippen molar-refractivity contribution in [2.75, 3.05) is 13.7 Å². The topological polar surface area (TPSA) is 81.5 Å². The quantitative estimate of drug-likeness (QED) is 0.644. The Hall–Kier alpha value is -2.11. The van der Waals surface area contributed by atoms with E-state index in [4.69, 9.17) is 4.74 Å². The molecule has 96 valence electrons. The second-order valence-corrected chi connectivity index (χ2v) is 4.28. The van der Waals surface area contributed by atoms with Crippen LogP contribution in [0.1, 0.15) is 12.0 Å². The number of amides is 1. The van der Waals surface area contributed by atoms with Crippen LogP contribution in [0.25, 0.3) is 0 Å². The molecular weight excluding hydrogens is 236 g/mol. The van der Waals surface area contributed by atoms with Gasteiger partial charge in [-0.3, -0.25) is 14.9 Å². The number of nitrogens with one attached hydrogen (secondary N) is 1. The Bertz CT molecular complexity index is 487. The van der Waals surface area contributed by atoms with Crippen LogP contribution in [-0.4, -0.2) is 24.5 Å². The van der Waals surface area contributed by atoms with Crippen molar-refractivity contribution in [3.63, 3.8) is 0 Å². The first kappa shape index (κ1) is 12.3. The molecule has 6 heteroatoms. The maximum atomic E-state index is 11.5. The van der Waals surface area contributed by atoms with Gasteiger partial charge >= 0.3 is 0 Å². The number of rotatable bonds is 4. The van der Waals surface area contributed by atoms with Gasteiger partial charge in [-0.05, 0) is 24.5 Å². The van der Waals surface area contributed by atoms with Gasteiger partial charge in [-0.2, -0.15) is 0 Å². The van der Waals surface area contributed by atoms with Gasteiger partial charge in [-0.25, -0.2) is 0 Å². The highest BCUT2D eigenvalue weighted by molar-refractivity contribution is 5.80. The molecule has 1 atom stereocenters. The van der Waals surface area contributed by atoms with Crippen LogP contribution in [-0.2, 0) is 11.2 Å². The Morgan fingerprint density at radius 3 is 2.83 bits per heavy atom. The van der Waals surface area contributed by atoms with Gasteiger partial charge in [0.15, 0.2) is 0 Å². The van der Waals surface area contributed by atoms with Crippen molar-refractivity contribution in [3.8, 4) is 5.75 Å². The van der Waals surface area contributed by atoms with E-state index in [9.17, 15) is 14.9 Å². The number of non-ortho nitro benzene ring substituents is 1. The molecule has 1 aromatic rings. The molecule has 1 N–H and O–H groups in total. The van der Waals surface area contributed by atoms with Gasteiger partial charge < -0.3 is 10.1 Å². The molecule has 1 heterocycles. The number of hydrogen-bond donors (Lipinski definition) is 1. The van der Waals surface area contributed by atoms with E-state index in [0.717, 1.165) is 12.0 Å². The molecule has 0 spiro atoms. The number of benzene rings is 1. The zero-order valence-electron chi connectivity index (χ0n) is 10.0. The van der Waals surface area contributed by atoms with Crippen LogP contribution in [0.2, 0.25) is 0 Å². The first-order chi connectivity index (χ1) is 8.60. The summed E-state index contributed by atoms with van der Waals surface area (Å²) in [6, 6.07) is 4.60. The lowest BCUT2D eigenvalue weighted by Crippen LogP contribution is -2.20. The van der Waals surface area contributed by atoms with E-state index in [0.29, 0.717) is 18.7 Å². The fraction of sp³-hybridized carbons (Fsp3) is 0.417. The summed E-state index contributed by atoms with van der Waals surface area (Å²) in [5.41, 5.74) is 0.742. The Labute approximate surface area is 104 Å². The first-order valence-corrected chi connectivity index (χ1v) is 5.70. The fourth-order valence-electron chi connectivity index (χ4n) is 2.11. The molecule has 0 aromatic heterocycles. The van der Waals surface area contributed by atoms with Crippen molar-refractivity contribution < 1.29 is 14.5 Å². The molecule has 1 unspecified atom stereocenters. The highest BCUT2D eigenvalue weighted by Crippen LogP contribution is 2.25.